The van der Waals surface area contributed by atoms with Gasteiger partial charge in [0.2, 0.25) is 0 Å². The molecular formula is C20H25ClN4O2. The third-order valence-electron chi connectivity index (χ3n) is 5.34. The van der Waals surface area contributed by atoms with Crippen LogP contribution < -0.4 is 10.6 Å². The van der Waals surface area contributed by atoms with Crippen molar-refractivity contribution in [1.29, 1.82) is 0 Å². The molecule has 27 heavy (non-hydrogen) atoms. The Bertz CT molecular complexity index is 784. The minimum Gasteiger partial charge on any atom is -0.367 e. The second kappa shape index (κ2) is 8.31. The van der Waals surface area contributed by atoms with E-state index in [9.17, 15) is 4.79 Å². The Labute approximate surface area is 164 Å². The van der Waals surface area contributed by atoms with Crippen LogP contribution in [0.5, 0.6) is 0 Å². The topological polar surface area (TPSA) is 68.2 Å². The number of hydrogen-bond donors (Lipinski definition) is 2. The summed E-state index contributed by atoms with van der Waals surface area (Å²) in [7, 11) is 0. The molecule has 7 heteroatoms. The highest BCUT2D eigenvalue weighted by atomic mass is 35.5. The molecule has 1 saturated carbocycles. The van der Waals surface area contributed by atoms with E-state index in [1.54, 1.807) is 0 Å². The Morgan fingerprint density at radius 3 is 2.78 bits per heavy atom. The molecule has 0 unspecified atom stereocenters. The van der Waals surface area contributed by atoms with Gasteiger partial charge < -0.3 is 19.9 Å². The molecule has 2 N–H and O–H groups in total. The number of amides is 2. The highest BCUT2D eigenvalue weighted by Gasteiger charge is 2.24. The summed E-state index contributed by atoms with van der Waals surface area (Å²) in [5, 5.41) is 6.76. The number of urea groups is 1. The van der Waals surface area contributed by atoms with E-state index in [1.165, 1.54) is 19.3 Å². The maximum atomic E-state index is 12.2. The fraction of sp³-hybridized carbons (Fsp3) is 0.500. The highest BCUT2D eigenvalue weighted by molar-refractivity contribution is 6.30. The molecule has 0 radical (unpaired) electrons. The number of nitrogens with zero attached hydrogens (tertiary/aromatic N) is 2. The average Bonchev–Trinajstić information content (AvgIpc) is 3.11. The lowest BCUT2D eigenvalue weighted by molar-refractivity contribution is 0.00486. The number of ether oxygens (including phenoxy) is 1. The van der Waals surface area contributed by atoms with Crippen molar-refractivity contribution in [3.8, 4) is 11.3 Å². The number of nitrogens with one attached hydrogen (secondary N) is 2. The second-order valence-corrected chi connectivity index (χ2v) is 7.74. The van der Waals surface area contributed by atoms with Crippen molar-refractivity contribution >= 4 is 17.6 Å². The van der Waals surface area contributed by atoms with Crippen LogP contribution in [0.25, 0.3) is 11.3 Å². The molecule has 4 rings (SSSR count). The molecule has 1 aromatic carbocycles. The van der Waals surface area contributed by atoms with Crippen LogP contribution in [0.15, 0.2) is 30.5 Å². The third-order valence-corrected chi connectivity index (χ3v) is 5.60. The normalized spacial score (nSPS) is 20.1. The summed E-state index contributed by atoms with van der Waals surface area (Å²) < 4.78 is 8.03. The van der Waals surface area contributed by atoms with E-state index in [2.05, 4.69) is 20.2 Å². The Hall–Kier alpha value is -2.05. The van der Waals surface area contributed by atoms with Gasteiger partial charge >= 0.3 is 6.03 Å². The van der Waals surface area contributed by atoms with Crippen molar-refractivity contribution in [1.82, 2.24) is 20.2 Å². The molecule has 1 atom stereocenters. The lowest BCUT2D eigenvalue weighted by atomic mass is 9.96. The molecule has 2 heterocycles. The molecule has 1 aliphatic carbocycles. The maximum Gasteiger partial charge on any atom is 0.315 e. The summed E-state index contributed by atoms with van der Waals surface area (Å²) in [6.07, 6.45) is 7.63. The van der Waals surface area contributed by atoms with Crippen LogP contribution in [0.2, 0.25) is 5.02 Å². The summed E-state index contributed by atoms with van der Waals surface area (Å²) in [6, 6.07) is 7.96. The van der Waals surface area contributed by atoms with Crippen LogP contribution in [0.3, 0.4) is 0 Å². The zero-order chi connectivity index (χ0) is 18.6. The lowest BCUT2D eigenvalue weighted by Crippen LogP contribution is -2.46. The molecule has 2 aliphatic rings. The number of hydrogen-bond acceptors (Lipinski definition) is 3. The van der Waals surface area contributed by atoms with E-state index in [4.69, 9.17) is 16.3 Å². The van der Waals surface area contributed by atoms with Gasteiger partial charge in [-0.15, -0.1) is 0 Å². The first-order valence-electron chi connectivity index (χ1n) is 9.65. The van der Waals surface area contributed by atoms with Gasteiger partial charge in [0.15, 0.2) is 0 Å². The van der Waals surface area contributed by atoms with Crippen LogP contribution in [0.4, 0.5) is 4.79 Å². The van der Waals surface area contributed by atoms with Gasteiger partial charge in [-0.2, -0.15) is 0 Å². The first-order valence-corrected chi connectivity index (χ1v) is 10.0. The summed E-state index contributed by atoms with van der Waals surface area (Å²) in [5.41, 5.74) is 2.11. The minimum absolute atomic E-state index is 0.0742. The largest absolute Gasteiger partial charge is 0.367 e. The number of fused-ring (bicyclic) bond motifs is 1. The molecule has 6 nitrogen and oxygen atoms in total. The van der Waals surface area contributed by atoms with Crippen molar-refractivity contribution in [2.24, 2.45) is 0 Å². The van der Waals surface area contributed by atoms with E-state index >= 15 is 0 Å². The monoisotopic (exact) mass is 388 g/mol. The molecule has 1 aliphatic heterocycles. The van der Waals surface area contributed by atoms with Gasteiger partial charge in [-0.25, -0.2) is 9.78 Å². The number of carbonyl (C=O) groups is 1. The molecule has 0 spiro atoms. The Morgan fingerprint density at radius 2 is 2.00 bits per heavy atom. The number of rotatable bonds is 4. The van der Waals surface area contributed by atoms with Gasteiger partial charge in [0, 0.05) is 17.6 Å². The summed E-state index contributed by atoms with van der Waals surface area (Å²) in [5.74, 6) is 0.905. The Balaban J connectivity index is 1.34. The van der Waals surface area contributed by atoms with Gasteiger partial charge in [0.05, 0.1) is 24.5 Å². The molecule has 0 bridgehead atoms. The number of imidazole rings is 1. The Morgan fingerprint density at radius 1 is 1.22 bits per heavy atom. The molecule has 2 amide bonds. The molecular weight excluding hydrogens is 364 g/mol. The number of halogens is 1. The van der Waals surface area contributed by atoms with Gasteiger partial charge in [-0.1, -0.05) is 43.0 Å². The number of aromatic nitrogens is 2. The maximum absolute atomic E-state index is 12.2. The Kier molecular flexibility index (Phi) is 5.64. The fourth-order valence-corrected chi connectivity index (χ4v) is 3.97. The predicted octanol–water partition coefficient (Wildman–Crippen LogP) is 3.73. The SMILES string of the molecule is O=C(NC[C@H]1Cn2c(-c3ccc(Cl)cc3)cnc2CO1)NC1CCCCC1. The smallest absolute Gasteiger partial charge is 0.315 e. The average molecular weight is 389 g/mol. The second-order valence-electron chi connectivity index (χ2n) is 7.30. The van der Waals surface area contributed by atoms with E-state index in [1.807, 2.05) is 30.5 Å². The lowest BCUT2D eigenvalue weighted by Gasteiger charge is -2.27. The van der Waals surface area contributed by atoms with Crippen LogP contribution >= 0.6 is 11.6 Å². The first-order chi connectivity index (χ1) is 13.2. The summed E-state index contributed by atoms with van der Waals surface area (Å²) >= 11 is 5.99. The summed E-state index contributed by atoms with van der Waals surface area (Å²) in [4.78, 5) is 16.6. The van der Waals surface area contributed by atoms with Crippen molar-refractivity contribution < 1.29 is 9.53 Å². The van der Waals surface area contributed by atoms with Crippen molar-refractivity contribution in [2.75, 3.05) is 6.54 Å². The van der Waals surface area contributed by atoms with E-state index in [0.29, 0.717) is 30.8 Å². The van der Waals surface area contributed by atoms with E-state index < -0.39 is 0 Å². The van der Waals surface area contributed by atoms with Crippen LogP contribution in [-0.4, -0.2) is 34.3 Å². The van der Waals surface area contributed by atoms with Crippen LogP contribution in [-0.2, 0) is 17.9 Å². The van der Waals surface area contributed by atoms with Gasteiger partial charge in [-0.05, 0) is 30.5 Å². The predicted molar refractivity (Wildman–Crippen MR) is 105 cm³/mol. The third kappa shape index (κ3) is 4.45. The van der Waals surface area contributed by atoms with Crippen molar-refractivity contribution in [3.63, 3.8) is 0 Å². The van der Waals surface area contributed by atoms with Crippen LogP contribution in [0.1, 0.15) is 37.9 Å². The van der Waals surface area contributed by atoms with Crippen molar-refractivity contribution in [2.45, 2.75) is 57.4 Å². The van der Waals surface area contributed by atoms with E-state index in [-0.39, 0.29) is 12.1 Å². The molecule has 0 saturated heterocycles. The molecule has 144 valence electrons. The first kappa shape index (κ1) is 18.3. The number of benzene rings is 1. The van der Waals surface area contributed by atoms with Gasteiger partial charge in [0.25, 0.3) is 0 Å². The van der Waals surface area contributed by atoms with Crippen molar-refractivity contribution in [3.05, 3.63) is 41.3 Å². The highest BCUT2D eigenvalue weighted by Crippen LogP contribution is 2.26. The zero-order valence-electron chi connectivity index (χ0n) is 15.3. The summed E-state index contributed by atoms with van der Waals surface area (Å²) in [6.45, 7) is 1.59. The standard InChI is InChI=1S/C20H25ClN4O2/c21-15-8-6-14(7-9-15)18-11-22-19-13-27-17(12-25(18)19)10-23-20(26)24-16-4-2-1-3-5-16/h6-9,11,16-17H,1-5,10,12-13H2,(H2,23,24,26)/t17-/m0/s1. The minimum atomic E-state index is -0.0974. The molecule has 1 aromatic heterocycles. The molecule has 1 fully saturated rings. The number of carbonyl (C=O) groups excluding carboxylic acids is 1. The van der Waals surface area contributed by atoms with Gasteiger partial charge in [-0.3, -0.25) is 0 Å². The quantitative estimate of drug-likeness (QED) is 0.838. The molecule has 2 aromatic rings. The van der Waals surface area contributed by atoms with Crippen LogP contribution in [0, 0.1) is 0 Å². The van der Waals surface area contributed by atoms with Gasteiger partial charge in [0.1, 0.15) is 12.4 Å². The zero-order valence-corrected chi connectivity index (χ0v) is 16.0. The fourth-order valence-electron chi connectivity index (χ4n) is 3.85. The van der Waals surface area contributed by atoms with E-state index in [0.717, 1.165) is 29.9 Å².